The topological polar surface area (TPSA) is 149 Å². The molecule has 0 saturated carbocycles. The van der Waals surface area contributed by atoms with E-state index in [1.165, 1.54) is 173 Å². The highest BCUT2D eigenvalue weighted by Gasteiger charge is 2.27. The molecule has 64 heavy (non-hydrogen) atoms. The summed E-state index contributed by atoms with van der Waals surface area (Å²) in [7, 11) is -4.62. The van der Waals surface area contributed by atoms with E-state index in [2.05, 4.69) is 38.2 Å². The van der Waals surface area contributed by atoms with Crippen molar-refractivity contribution >= 4 is 19.8 Å². The third-order valence-corrected chi connectivity index (χ3v) is 12.8. The van der Waals surface area contributed by atoms with E-state index >= 15 is 0 Å². The number of ether oxygens (including phenoxy) is 2. The van der Waals surface area contributed by atoms with E-state index in [9.17, 15) is 24.2 Å². The van der Waals surface area contributed by atoms with Crippen LogP contribution in [0.5, 0.6) is 0 Å². The lowest BCUT2D eigenvalue weighted by atomic mass is 10.0. The van der Waals surface area contributed by atoms with Crippen LogP contribution in [0.4, 0.5) is 0 Å². The predicted molar refractivity (Wildman–Crippen MR) is 265 cm³/mol. The Morgan fingerprint density at radius 1 is 0.469 bits per heavy atom. The number of allylic oxidation sites excluding steroid dienone is 4. The number of rotatable bonds is 51. The highest BCUT2D eigenvalue weighted by atomic mass is 31.2. The monoisotopic (exact) mass is 929 g/mol. The van der Waals surface area contributed by atoms with Gasteiger partial charge in [0.1, 0.15) is 12.7 Å². The Labute approximate surface area is 393 Å². The summed E-state index contributed by atoms with van der Waals surface area (Å²) in [6, 6.07) is 0. The van der Waals surface area contributed by atoms with E-state index in [0.29, 0.717) is 12.8 Å². The van der Waals surface area contributed by atoms with Crippen molar-refractivity contribution in [2.45, 2.75) is 276 Å². The summed E-state index contributed by atoms with van der Waals surface area (Å²) in [5.41, 5.74) is 0. The minimum atomic E-state index is -4.62. The van der Waals surface area contributed by atoms with Crippen LogP contribution in [0, 0.1) is 0 Å². The second kappa shape index (κ2) is 49.4. The van der Waals surface area contributed by atoms with Crippen LogP contribution in [0.15, 0.2) is 24.3 Å². The summed E-state index contributed by atoms with van der Waals surface area (Å²) >= 11 is 0. The zero-order valence-corrected chi connectivity index (χ0v) is 42.4. The van der Waals surface area contributed by atoms with Crippen molar-refractivity contribution in [3.05, 3.63) is 24.3 Å². The largest absolute Gasteiger partial charge is 0.472 e. The fourth-order valence-corrected chi connectivity index (χ4v) is 8.52. The average molecular weight is 929 g/mol. The van der Waals surface area contributed by atoms with Crippen molar-refractivity contribution in [3.8, 4) is 0 Å². The smallest absolute Gasteiger partial charge is 0.462 e. The van der Waals surface area contributed by atoms with Gasteiger partial charge >= 0.3 is 19.8 Å². The van der Waals surface area contributed by atoms with E-state index in [0.717, 1.165) is 51.4 Å². The highest BCUT2D eigenvalue weighted by Crippen LogP contribution is 2.43. The summed E-state index contributed by atoms with van der Waals surface area (Å²) in [4.78, 5) is 35.2. The molecule has 0 heterocycles. The Kier molecular flexibility index (Phi) is 48.2. The first-order valence-electron chi connectivity index (χ1n) is 26.8. The zero-order chi connectivity index (χ0) is 46.9. The maximum absolute atomic E-state index is 12.7. The zero-order valence-electron chi connectivity index (χ0n) is 41.5. The Bertz CT molecular complexity index is 1110. The van der Waals surface area contributed by atoms with Crippen LogP contribution in [0.25, 0.3) is 0 Å². The van der Waals surface area contributed by atoms with Crippen LogP contribution in [-0.4, -0.2) is 65.7 Å². The van der Waals surface area contributed by atoms with E-state index < -0.39 is 51.8 Å². The lowest BCUT2D eigenvalue weighted by Gasteiger charge is -2.20. The van der Waals surface area contributed by atoms with Gasteiger partial charge in [-0.15, -0.1) is 0 Å². The van der Waals surface area contributed by atoms with Crippen LogP contribution < -0.4 is 0 Å². The molecule has 0 rings (SSSR count). The molecule has 0 aromatic rings. The fraction of sp³-hybridized carbons (Fsp3) is 0.887. The third kappa shape index (κ3) is 48.4. The first kappa shape index (κ1) is 62.4. The third-order valence-electron chi connectivity index (χ3n) is 11.9. The second-order valence-electron chi connectivity index (χ2n) is 18.3. The summed E-state index contributed by atoms with van der Waals surface area (Å²) in [5.74, 6) is -0.919. The first-order chi connectivity index (χ1) is 31.2. The van der Waals surface area contributed by atoms with Gasteiger partial charge < -0.3 is 24.6 Å². The van der Waals surface area contributed by atoms with Gasteiger partial charge in [-0.25, -0.2) is 4.57 Å². The number of hydrogen-bond donors (Lipinski definition) is 3. The average Bonchev–Trinajstić information content (AvgIpc) is 3.28. The molecule has 378 valence electrons. The predicted octanol–water partition coefficient (Wildman–Crippen LogP) is 15.3. The van der Waals surface area contributed by atoms with Crippen LogP contribution in [0.2, 0.25) is 0 Å². The van der Waals surface area contributed by atoms with Gasteiger partial charge in [0.15, 0.2) is 6.10 Å². The summed E-state index contributed by atoms with van der Waals surface area (Å²) in [6.45, 7) is 2.41. The van der Waals surface area contributed by atoms with Crippen LogP contribution in [0.3, 0.4) is 0 Å². The van der Waals surface area contributed by atoms with Gasteiger partial charge in [0.25, 0.3) is 0 Å². The first-order valence-corrected chi connectivity index (χ1v) is 28.3. The molecular weight excluding hydrogens is 828 g/mol. The minimum absolute atomic E-state index is 0.178. The number of unbranched alkanes of at least 4 members (excludes halogenated alkanes) is 33. The maximum Gasteiger partial charge on any atom is 0.472 e. The molecule has 0 aliphatic rings. The molecule has 0 spiro atoms. The molecule has 10 nitrogen and oxygen atoms in total. The number of carbonyl (C=O) groups excluding carboxylic acids is 2. The lowest BCUT2D eigenvalue weighted by molar-refractivity contribution is -0.161. The molecule has 0 aliphatic heterocycles. The van der Waals surface area contributed by atoms with Crippen LogP contribution in [-0.2, 0) is 32.7 Å². The van der Waals surface area contributed by atoms with E-state index in [1.54, 1.807) is 0 Å². The number of phosphoric ester groups is 1. The van der Waals surface area contributed by atoms with Gasteiger partial charge in [-0.1, -0.05) is 231 Å². The van der Waals surface area contributed by atoms with Gasteiger partial charge in [0.05, 0.1) is 19.8 Å². The van der Waals surface area contributed by atoms with Crippen molar-refractivity contribution < 1.29 is 47.8 Å². The summed E-state index contributed by atoms with van der Waals surface area (Å²) in [5, 5.41) is 18.4. The molecule has 0 aromatic heterocycles. The number of carbonyl (C=O) groups is 2. The lowest BCUT2D eigenvalue weighted by Crippen LogP contribution is -2.29. The molecular formula is C53H101O10P. The van der Waals surface area contributed by atoms with Gasteiger partial charge in [0, 0.05) is 12.8 Å². The molecule has 3 N–H and O–H groups in total. The standard InChI is InChI=1S/C53H101O10P/c1-3-5-7-9-11-13-15-17-19-21-23-24-25-26-27-29-30-32-34-36-38-40-42-44-52(56)60-48-51(49-62-64(58,59)61-47-50(55)46-54)63-53(57)45-43-41-39-37-35-33-31-28-22-20-18-16-14-12-10-8-6-4-2/h14,16,20,22,50-51,54-55H,3-13,15,17-19,21,23-49H2,1-2H3,(H,58,59)/b16-14-,22-20-. The molecule has 3 atom stereocenters. The number of aliphatic hydroxyl groups excluding tert-OH is 2. The van der Waals surface area contributed by atoms with E-state index in [-0.39, 0.29) is 19.4 Å². The Balaban J connectivity index is 4.11. The fourth-order valence-electron chi connectivity index (χ4n) is 7.73. The van der Waals surface area contributed by atoms with Gasteiger partial charge in [-0.2, -0.15) is 0 Å². The maximum atomic E-state index is 12.7. The quantitative estimate of drug-likeness (QED) is 0.0233. The Morgan fingerprint density at radius 2 is 0.812 bits per heavy atom. The molecule has 11 heteroatoms. The Hall–Kier alpha value is -1.55. The normalized spacial score (nSPS) is 13.8. The van der Waals surface area contributed by atoms with Gasteiger partial charge in [0.2, 0.25) is 0 Å². The molecule has 0 amide bonds. The molecule has 3 unspecified atom stereocenters. The van der Waals surface area contributed by atoms with Crippen molar-refractivity contribution in [2.24, 2.45) is 0 Å². The van der Waals surface area contributed by atoms with Gasteiger partial charge in [-0.05, 0) is 44.9 Å². The SMILES string of the molecule is CCCCCC/C=C\C/C=C\CCCCCCCCCC(=O)OC(COC(=O)CCCCCCCCCCCCCCCCCCCCCCCCC)COP(=O)(O)OCC(O)CO. The number of esters is 2. The molecule has 0 aliphatic carbocycles. The van der Waals surface area contributed by atoms with E-state index in [4.69, 9.17) is 23.6 Å². The van der Waals surface area contributed by atoms with Gasteiger partial charge in [-0.3, -0.25) is 18.6 Å². The van der Waals surface area contributed by atoms with E-state index in [1.807, 2.05) is 0 Å². The van der Waals surface area contributed by atoms with Crippen molar-refractivity contribution in [1.82, 2.24) is 0 Å². The molecule has 0 radical (unpaired) electrons. The van der Waals surface area contributed by atoms with Crippen LogP contribution in [0.1, 0.15) is 264 Å². The summed E-state index contributed by atoms with van der Waals surface area (Å²) < 4.78 is 32.9. The molecule has 0 saturated heterocycles. The van der Waals surface area contributed by atoms with Crippen molar-refractivity contribution in [2.75, 3.05) is 26.4 Å². The van der Waals surface area contributed by atoms with Crippen LogP contribution >= 0.6 is 7.82 Å². The highest BCUT2D eigenvalue weighted by molar-refractivity contribution is 7.47. The molecule has 0 fully saturated rings. The van der Waals surface area contributed by atoms with Crippen molar-refractivity contribution in [3.63, 3.8) is 0 Å². The number of hydrogen-bond acceptors (Lipinski definition) is 9. The summed E-state index contributed by atoms with van der Waals surface area (Å²) in [6.07, 6.45) is 52.9. The molecule has 0 aromatic carbocycles. The minimum Gasteiger partial charge on any atom is -0.462 e. The Morgan fingerprint density at radius 3 is 1.22 bits per heavy atom. The number of aliphatic hydroxyl groups is 2. The van der Waals surface area contributed by atoms with Crippen molar-refractivity contribution in [1.29, 1.82) is 0 Å². The number of phosphoric acid groups is 1. The molecule has 0 bridgehead atoms. The second-order valence-corrected chi connectivity index (χ2v) is 19.7.